The van der Waals surface area contributed by atoms with Crippen LogP contribution in [0.4, 0.5) is 0 Å². The molecule has 0 radical (unpaired) electrons. The Kier molecular flexibility index (Phi) is 2.56. The van der Waals surface area contributed by atoms with Gasteiger partial charge in [0.1, 0.15) is 0 Å². The molecule has 2 rings (SSSR count). The van der Waals surface area contributed by atoms with Crippen LogP contribution >= 0.6 is 11.8 Å². The van der Waals surface area contributed by atoms with E-state index in [0.29, 0.717) is 11.3 Å². The standard InChI is InChI=1S/C10H17NOS/c1-3-7-4-5-8-10(9(7)12)13-6(2)11-8/h6-7,9,11-12H,3-5H2,1-2H3. The summed E-state index contributed by atoms with van der Waals surface area (Å²) in [5, 5.41) is 13.9. The van der Waals surface area contributed by atoms with Crippen molar-refractivity contribution in [2.75, 3.05) is 0 Å². The third kappa shape index (κ3) is 1.59. The van der Waals surface area contributed by atoms with Gasteiger partial charge in [-0.25, -0.2) is 0 Å². The number of aliphatic hydroxyl groups excluding tert-OH is 1. The van der Waals surface area contributed by atoms with Crippen LogP contribution in [0, 0.1) is 5.92 Å². The van der Waals surface area contributed by atoms with Gasteiger partial charge in [-0.15, -0.1) is 11.8 Å². The Morgan fingerprint density at radius 1 is 1.62 bits per heavy atom. The third-order valence-electron chi connectivity index (χ3n) is 2.98. The zero-order valence-electron chi connectivity index (χ0n) is 8.21. The Morgan fingerprint density at radius 3 is 3.08 bits per heavy atom. The Morgan fingerprint density at radius 2 is 2.38 bits per heavy atom. The van der Waals surface area contributed by atoms with Gasteiger partial charge in [-0.05, 0) is 25.7 Å². The fourth-order valence-corrected chi connectivity index (χ4v) is 3.40. The zero-order valence-corrected chi connectivity index (χ0v) is 9.03. The van der Waals surface area contributed by atoms with E-state index >= 15 is 0 Å². The van der Waals surface area contributed by atoms with Crippen molar-refractivity contribution in [2.45, 2.75) is 44.6 Å². The number of hydrogen-bond acceptors (Lipinski definition) is 3. The molecule has 74 valence electrons. The minimum absolute atomic E-state index is 0.198. The highest BCUT2D eigenvalue weighted by Gasteiger charge is 2.34. The summed E-state index contributed by atoms with van der Waals surface area (Å²) in [6.45, 7) is 4.31. The van der Waals surface area contributed by atoms with Crippen LogP contribution in [0.5, 0.6) is 0 Å². The monoisotopic (exact) mass is 199 g/mol. The van der Waals surface area contributed by atoms with Gasteiger partial charge in [0, 0.05) is 10.6 Å². The van der Waals surface area contributed by atoms with Crippen LogP contribution in [0.15, 0.2) is 10.6 Å². The predicted molar refractivity (Wildman–Crippen MR) is 56.2 cm³/mol. The summed E-state index contributed by atoms with van der Waals surface area (Å²) in [4.78, 5) is 1.21. The lowest BCUT2D eigenvalue weighted by atomic mass is 9.88. The van der Waals surface area contributed by atoms with E-state index < -0.39 is 0 Å². The average Bonchev–Trinajstić information content (AvgIpc) is 2.47. The second-order valence-electron chi connectivity index (χ2n) is 3.90. The van der Waals surface area contributed by atoms with Crippen molar-refractivity contribution in [3.63, 3.8) is 0 Å². The van der Waals surface area contributed by atoms with Crippen molar-refractivity contribution in [1.29, 1.82) is 0 Å². The molecule has 0 bridgehead atoms. The Hall–Kier alpha value is -0.150. The van der Waals surface area contributed by atoms with Gasteiger partial charge < -0.3 is 10.4 Å². The molecule has 0 spiro atoms. The van der Waals surface area contributed by atoms with Crippen molar-refractivity contribution in [3.8, 4) is 0 Å². The predicted octanol–water partition coefficient (Wildman–Crippen LogP) is 2.06. The summed E-state index contributed by atoms with van der Waals surface area (Å²) in [7, 11) is 0. The Balaban J connectivity index is 2.15. The van der Waals surface area contributed by atoms with Gasteiger partial charge in [0.05, 0.1) is 11.5 Å². The molecule has 0 aromatic rings. The van der Waals surface area contributed by atoms with Crippen molar-refractivity contribution in [1.82, 2.24) is 5.32 Å². The highest BCUT2D eigenvalue weighted by molar-refractivity contribution is 8.03. The molecule has 0 aromatic heterocycles. The van der Waals surface area contributed by atoms with Gasteiger partial charge in [-0.2, -0.15) is 0 Å². The molecule has 3 unspecified atom stereocenters. The summed E-state index contributed by atoms with van der Waals surface area (Å²) in [5.74, 6) is 0.485. The molecule has 2 aliphatic rings. The lowest BCUT2D eigenvalue weighted by Crippen LogP contribution is -2.27. The molecule has 1 heterocycles. The van der Waals surface area contributed by atoms with Crippen LogP contribution in [0.25, 0.3) is 0 Å². The molecule has 0 fully saturated rings. The number of rotatable bonds is 1. The lowest BCUT2D eigenvalue weighted by Gasteiger charge is -2.27. The average molecular weight is 199 g/mol. The molecule has 0 saturated heterocycles. The number of allylic oxidation sites excluding steroid dienone is 1. The highest BCUT2D eigenvalue weighted by atomic mass is 32.2. The van der Waals surface area contributed by atoms with Gasteiger partial charge in [-0.1, -0.05) is 13.3 Å². The van der Waals surface area contributed by atoms with Gasteiger partial charge in [0.25, 0.3) is 0 Å². The van der Waals surface area contributed by atoms with E-state index in [1.54, 1.807) is 11.8 Å². The minimum atomic E-state index is -0.198. The topological polar surface area (TPSA) is 32.3 Å². The van der Waals surface area contributed by atoms with E-state index in [0.717, 1.165) is 19.3 Å². The molecule has 13 heavy (non-hydrogen) atoms. The van der Waals surface area contributed by atoms with Gasteiger partial charge in [0.15, 0.2) is 0 Å². The van der Waals surface area contributed by atoms with E-state index in [4.69, 9.17) is 0 Å². The van der Waals surface area contributed by atoms with Crippen LogP contribution in [0.2, 0.25) is 0 Å². The fraction of sp³-hybridized carbons (Fsp3) is 0.800. The van der Waals surface area contributed by atoms with Crippen LogP contribution < -0.4 is 5.32 Å². The highest BCUT2D eigenvalue weighted by Crippen LogP contribution is 2.42. The van der Waals surface area contributed by atoms with Crippen molar-refractivity contribution >= 4 is 11.8 Å². The first kappa shape index (κ1) is 9.41. The normalized spacial score (nSPS) is 38.8. The summed E-state index contributed by atoms with van der Waals surface area (Å²) < 4.78 is 0. The smallest absolute Gasteiger partial charge is 0.0894 e. The first-order chi connectivity index (χ1) is 6.22. The van der Waals surface area contributed by atoms with Crippen molar-refractivity contribution in [3.05, 3.63) is 10.6 Å². The molecule has 0 aromatic carbocycles. The zero-order chi connectivity index (χ0) is 9.42. The molecule has 3 atom stereocenters. The maximum atomic E-state index is 10.0. The molecule has 0 amide bonds. The molecule has 2 nitrogen and oxygen atoms in total. The van der Waals surface area contributed by atoms with Crippen LogP contribution in [-0.4, -0.2) is 16.6 Å². The quantitative estimate of drug-likeness (QED) is 0.678. The maximum absolute atomic E-state index is 10.0. The van der Waals surface area contributed by atoms with Gasteiger partial charge in [-0.3, -0.25) is 0 Å². The molecular weight excluding hydrogens is 182 g/mol. The molecule has 0 saturated carbocycles. The van der Waals surface area contributed by atoms with Crippen LogP contribution in [0.1, 0.15) is 33.1 Å². The molecular formula is C10H17NOS. The second kappa shape index (κ2) is 3.54. The summed E-state index contributed by atoms with van der Waals surface area (Å²) >= 11 is 1.80. The minimum Gasteiger partial charge on any atom is -0.388 e. The number of hydrogen-bond donors (Lipinski definition) is 2. The summed E-state index contributed by atoms with van der Waals surface area (Å²) in [6.07, 6.45) is 3.16. The van der Waals surface area contributed by atoms with Crippen molar-refractivity contribution < 1.29 is 5.11 Å². The van der Waals surface area contributed by atoms with Crippen LogP contribution in [-0.2, 0) is 0 Å². The summed E-state index contributed by atoms with van der Waals surface area (Å²) in [5.41, 5.74) is 1.30. The first-order valence-corrected chi connectivity index (χ1v) is 5.94. The van der Waals surface area contributed by atoms with Gasteiger partial charge in [0.2, 0.25) is 0 Å². The summed E-state index contributed by atoms with van der Waals surface area (Å²) in [6, 6.07) is 0. The van der Waals surface area contributed by atoms with E-state index in [1.165, 1.54) is 10.6 Å². The largest absolute Gasteiger partial charge is 0.388 e. The molecule has 2 N–H and O–H groups in total. The molecule has 1 aliphatic heterocycles. The van der Waals surface area contributed by atoms with Gasteiger partial charge >= 0.3 is 0 Å². The van der Waals surface area contributed by atoms with Crippen molar-refractivity contribution in [2.24, 2.45) is 5.92 Å². The fourth-order valence-electron chi connectivity index (χ4n) is 2.18. The lowest BCUT2D eigenvalue weighted by molar-refractivity contribution is 0.131. The van der Waals surface area contributed by atoms with E-state index in [-0.39, 0.29) is 6.10 Å². The Bertz CT molecular complexity index is 239. The van der Waals surface area contributed by atoms with E-state index in [2.05, 4.69) is 19.2 Å². The van der Waals surface area contributed by atoms with E-state index in [1.807, 2.05) is 0 Å². The number of nitrogens with one attached hydrogen (secondary N) is 1. The third-order valence-corrected chi connectivity index (χ3v) is 4.20. The molecule has 1 aliphatic carbocycles. The Labute approximate surface area is 83.8 Å². The van der Waals surface area contributed by atoms with Crippen LogP contribution in [0.3, 0.4) is 0 Å². The maximum Gasteiger partial charge on any atom is 0.0894 e. The number of thioether (sulfide) groups is 1. The second-order valence-corrected chi connectivity index (χ2v) is 5.28. The number of aliphatic hydroxyl groups is 1. The van der Waals surface area contributed by atoms with E-state index in [9.17, 15) is 5.11 Å². The first-order valence-electron chi connectivity index (χ1n) is 5.06. The SMILES string of the molecule is CCC1CCC2=C(SC(C)N2)C1O. The molecule has 3 heteroatoms.